The summed E-state index contributed by atoms with van der Waals surface area (Å²) in [5.41, 5.74) is 0. The summed E-state index contributed by atoms with van der Waals surface area (Å²) >= 11 is 0. The number of anilines is 1. The summed E-state index contributed by atoms with van der Waals surface area (Å²) in [7, 11) is 0. The molecule has 1 fully saturated rings. The zero-order valence-corrected chi connectivity index (χ0v) is 9.54. The molecule has 2 heterocycles. The molecule has 4 heteroatoms. The fraction of sp³-hybridized carbons (Fsp3) is 0.583. The molecule has 0 aromatic carbocycles. The van der Waals surface area contributed by atoms with Crippen LogP contribution in [0.25, 0.3) is 0 Å². The van der Waals surface area contributed by atoms with E-state index in [0.29, 0.717) is 6.04 Å². The molecule has 2 N–H and O–H groups in total. The van der Waals surface area contributed by atoms with Crippen LogP contribution in [0.15, 0.2) is 18.3 Å². The molecule has 1 aliphatic rings. The Labute approximate surface area is 95.5 Å². The van der Waals surface area contributed by atoms with Crippen molar-refractivity contribution in [2.75, 3.05) is 18.4 Å². The number of aromatic nitrogens is 1. The van der Waals surface area contributed by atoms with Crippen molar-refractivity contribution >= 4 is 5.82 Å². The van der Waals surface area contributed by atoms with E-state index in [2.05, 4.69) is 22.5 Å². The Morgan fingerprint density at radius 1 is 1.50 bits per heavy atom. The zero-order valence-electron chi connectivity index (χ0n) is 9.54. The number of rotatable bonds is 3. The van der Waals surface area contributed by atoms with Crippen molar-refractivity contribution in [3.63, 3.8) is 0 Å². The van der Waals surface area contributed by atoms with Crippen LogP contribution in [0.5, 0.6) is 0 Å². The lowest BCUT2D eigenvalue weighted by Crippen LogP contribution is -2.42. The lowest BCUT2D eigenvalue weighted by molar-refractivity contribution is 0.336. The quantitative estimate of drug-likeness (QED) is 0.823. The van der Waals surface area contributed by atoms with E-state index >= 15 is 0 Å². The second-order valence-electron chi connectivity index (χ2n) is 4.53. The van der Waals surface area contributed by atoms with E-state index in [1.807, 2.05) is 0 Å². The third kappa shape index (κ3) is 3.17. The highest BCUT2D eigenvalue weighted by Crippen LogP contribution is 2.13. The largest absolute Gasteiger partial charge is 0.369 e. The number of hydrogen-bond acceptors (Lipinski definition) is 3. The average Bonchev–Trinajstić information content (AvgIpc) is 2.30. The van der Waals surface area contributed by atoms with Crippen molar-refractivity contribution in [3.8, 4) is 0 Å². The Bertz CT molecular complexity index is 318. The second kappa shape index (κ2) is 5.25. The van der Waals surface area contributed by atoms with Crippen LogP contribution in [-0.2, 0) is 0 Å². The lowest BCUT2D eigenvalue weighted by Gasteiger charge is -2.28. The summed E-state index contributed by atoms with van der Waals surface area (Å²) in [6.07, 6.45) is 3.70. The van der Waals surface area contributed by atoms with Crippen molar-refractivity contribution in [1.82, 2.24) is 10.3 Å². The number of pyridine rings is 1. The molecular weight excluding hydrogens is 205 g/mol. The fourth-order valence-electron chi connectivity index (χ4n) is 1.94. The van der Waals surface area contributed by atoms with Gasteiger partial charge in [-0.3, -0.25) is 0 Å². The van der Waals surface area contributed by atoms with Crippen molar-refractivity contribution in [2.24, 2.45) is 5.92 Å². The zero-order chi connectivity index (χ0) is 11.4. The van der Waals surface area contributed by atoms with Gasteiger partial charge in [-0.2, -0.15) is 0 Å². The molecule has 0 saturated carbocycles. The van der Waals surface area contributed by atoms with E-state index in [9.17, 15) is 4.39 Å². The number of halogens is 1. The van der Waals surface area contributed by atoms with Crippen molar-refractivity contribution in [1.29, 1.82) is 0 Å². The van der Waals surface area contributed by atoms with E-state index < -0.39 is 0 Å². The molecule has 1 aromatic heterocycles. The standard InChI is InChI=1S/C12H18FN3/c1-9-2-4-11(14-6-9)8-16-12-5-3-10(13)7-15-12/h3,5,7,9,11,14H,2,4,6,8H2,1H3,(H,15,16). The van der Waals surface area contributed by atoms with Gasteiger partial charge in [-0.15, -0.1) is 0 Å². The Balaban J connectivity index is 1.77. The highest BCUT2D eigenvalue weighted by Gasteiger charge is 2.16. The van der Waals surface area contributed by atoms with Gasteiger partial charge in [0.2, 0.25) is 0 Å². The predicted octanol–water partition coefficient (Wildman–Crippen LogP) is 2.02. The monoisotopic (exact) mass is 223 g/mol. The van der Waals surface area contributed by atoms with Crippen LogP contribution < -0.4 is 10.6 Å². The van der Waals surface area contributed by atoms with E-state index in [4.69, 9.17) is 0 Å². The summed E-state index contributed by atoms with van der Waals surface area (Å²) in [5, 5.41) is 6.70. The first-order valence-electron chi connectivity index (χ1n) is 5.83. The van der Waals surface area contributed by atoms with Crippen LogP contribution in [0.2, 0.25) is 0 Å². The molecule has 0 spiro atoms. The first kappa shape index (κ1) is 11.3. The van der Waals surface area contributed by atoms with Crippen molar-refractivity contribution in [2.45, 2.75) is 25.8 Å². The first-order valence-corrected chi connectivity index (χ1v) is 5.83. The van der Waals surface area contributed by atoms with E-state index in [1.54, 1.807) is 6.07 Å². The van der Waals surface area contributed by atoms with Crippen LogP contribution >= 0.6 is 0 Å². The number of hydrogen-bond donors (Lipinski definition) is 2. The molecule has 1 aromatic rings. The van der Waals surface area contributed by atoms with Gasteiger partial charge in [0.25, 0.3) is 0 Å². The van der Waals surface area contributed by atoms with Crippen LogP contribution in [0.3, 0.4) is 0 Å². The summed E-state index contributed by atoms with van der Waals surface area (Å²) < 4.78 is 12.6. The van der Waals surface area contributed by atoms with Crippen LogP contribution in [-0.4, -0.2) is 24.1 Å². The van der Waals surface area contributed by atoms with Crippen LogP contribution in [0, 0.1) is 11.7 Å². The van der Waals surface area contributed by atoms with Crippen molar-refractivity contribution < 1.29 is 4.39 Å². The molecule has 1 saturated heterocycles. The fourth-order valence-corrected chi connectivity index (χ4v) is 1.94. The normalized spacial score (nSPS) is 25.4. The third-order valence-electron chi connectivity index (χ3n) is 3.02. The molecule has 2 atom stereocenters. The van der Waals surface area contributed by atoms with Gasteiger partial charge in [0.1, 0.15) is 11.6 Å². The molecule has 1 aliphatic heterocycles. The minimum atomic E-state index is -0.296. The smallest absolute Gasteiger partial charge is 0.141 e. The molecule has 0 aliphatic carbocycles. The topological polar surface area (TPSA) is 37.0 Å². The highest BCUT2D eigenvalue weighted by atomic mass is 19.1. The Hall–Kier alpha value is -1.16. The SMILES string of the molecule is CC1CCC(CNc2ccc(F)cn2)NC1. The number of piperidine rings is 1. The molecule has 2 rings (SSSR count). The van der Waals surface area contributed by atoms with Gasteiger partial charge < -0.3 is 10.6 Å². The van der Waals surface area contributed by atoms with Gasteiger partial charge in [0.05, 0.1) is 6.20 Å². The van der Waals surface area contributed by atoms with E-state index in [0.717, 1.165) is 24.8 Å². The third-order valence-corrected chi connectivity index (χ3v) is 3.02. The number of nitrogens with zero attached hydrogens (tertiary/aromatic N) is 1. The Morgan fingerprint density at radius 3 is 3.00 bits per heavy atom. The summed E-state index contributed by atoms with van der Waals surface area (Å²) in [4.78, 5) is 3.96. The summed E-state index contributed by atoms with van der Waals surface area (Å²) in [6, 6.07) is 3.59. The van der Waals surface area contributed by atoms with Crippen LogP contribution in [0.4, 0.5) is 10.2 Å². The Kier molecular flexibility index (Phi) is 3.72. The minimum Gasteiger partial charge on any atom is -0.369 e. The molecule has 0 radical (unpaired) electrons. The van der Waals surface area contributed by atoms with Gasteiger partial charge >= 0.3 is 0 Å². The van der Waals surface area contributed by atoms with Gasteiger partial charge in [-0.1, -0.05) is 6.92 Å². The number of nitrogens with one attached hydrogen (secondary N) is 2. The van der Waals surface area contributed by atoms with Gasteiger partial charge in [0.15, 0.2) is 0 Å². The molecule has 16 heavy (non-hydrogen) atoms. The average molecular weight is 223 g/mol. The maximum absolute atomic E-state index is 12.6. The maximum Gasteiger partial charge on any atom is 0.141 e. The van der Waals surface area contributed by atoms with E-state index in [-0.39, 0.29) is 5.82 Å². The lowest BCUT2D eigenvalue weighted by atomic mass is 9.96. The molecule has 88 valence electrons. The van der Waals surface area contributed by atoms with Crippen molar-refractivity contribution in [3.05, 3.63) is 24.1 Å². The second-order valence-corrected chi connectivity index (χ2v) is 4.53. The molecule has 2 unspecified atom stereocenters. The summed E-state index contributed by atoms with van der Waals surface area (Å²) in [6.45, 7) is 4.20. The minimum absolute atomic E-state index is 0.296. The first-order chi connectivity index (χ1) is 7.74. The Morgan fingerprint density at radius 2 is 2.38 bits per heavy atom. The van der Waals surface area contributed by atoms with Gasteiger partial charge in [-0.25, -0.2) is 9.37 Å². The highest BCUT2D eigenvalue weighted by molar-refractivity contribution is 5.33. The predicted molar refractivity (Wildman–Crippen MR) is 62.9 cm³/mol. The van der Waals surface area contributed by atoms with Gasteiger partial charge in [0, 0.05) is 12.6 Å². The summed E-state index contributed by atoms with van der Waals surface area (Å²) in [5.74, 6) is 1.22. The maximum atomic E-state index is 12.6. The molecular formula is C12H18FN3. The molecule has 0 bridgehead atoms. The van der Waals surface area contributed by atoms with Crippen LogP contribution in [0.1, 0.15) is 19.8 Å². The van der Waals surface area contributed by atoms with Gasteiger partial charge in [-0.05, 0) is 37.4 Å². The van der Waals surface area contributed by atoms with E-state index in [1.165, 1.54) is 25.1 Å². The molecule has 3 nitrogen and oxygen atoms in total. The molecule has 0 amide bonds.